The number of rotatable bonds is 5. The molecule has 28 heavy (non-hydrogen) atoms. The Kier molecular flexibility index (Phi) is 5.68. The number of fused-ring (bicyclic) bond motifs is 1. The number of nitrogens with one attached hydrogen (secondary N) is 1. The summed E-state index contributed by atoms with van der Waals surface area (Å²) >= 11 is 0. The van der Waals surface area contributed by atoms with E-state index in [-0.39, 0.29) is 28.4 Å². The number of halogens is 1. The number of nitrogens with zero attached hydrogens (tertiary/aromatic N) is 1. The highest BCUT2D eigenvalue weighted by Gasteiger charge is 2.23. The van der Waals surface area contributed by atoms with Crippen LogP contribution in [0.3, 0.4) is 0 Å². The number of esters is 1. The third kappa shape index (κ3) is 4.53. The van der Waals surface area contributed by atoms with E-state index >= 15 is 0 Å². The predicted molar refractivity (Wildman–Crippen MR) is 94.0 cm³/mol. The molecule has 9 nitrogen and oxygen atoms in total. The van der Waals surface area contributed by atoms with E-state index in [1.807, 2.05) is 0 Å². The Morgan fingerprint density at radius 2 is 1.79 bits per heavy atom. The molecule has 2 aromatic rings. The minimum Gasteiger partial charge on any atom is -0.489 e. The molecular weight excluding hydrogens is 375 g/mol. The minimum atomic E-state index is -0.830. The van der Waals surface area contributed by atoms with Crippen LogP contribution in [0.5, 0.6) is 11.5 Å². The van der Waals surface area contributed by atoms with Gasteiger partial charge in [0.05, 0.1) is 29.8 Å². The van der Waals surface area contributed by atoms with Crippen LogP contribution in [0.25, 0.3) is 0 Å². The topological polar surface area (TPSA) is 117 Å². The van der Waals surface area contributed by atoms with Gasteiger partial charge in [0.1, 0.15) is 11.5 Å². The number of amides is 1. The number of carbonyl (C=O) groups is 2. The van der Waals surface area contributed by atoms with Crippen molar-refractivity contribution in [3.05, 3.63) is 57.9 Å². The molecule has 0 saturated carbocycles. The number of nitro groups is 1. The highest BCUT2D eigenvalue weighted by Crippen LogP contribution is 2.39. The van der Waals surface area contributed by atoms with Crippen LogP contribution in [0.15, 0.2) is 36.4 Å². The second-order valence-electron chi connectivity index (χ2n) is 5.75. The van der Waals surface area contributed by atoms with E-state index in [1.165, 1.54) is 24.3 Å². The monoisotopic (exact) mass is 390 g/mol. The second-order valence-corrected chi connectivity index (χ2v) is 5.75. The highest BCUT2D eigenvalue weighted by molar-refractivity contribution is 5.97. The van der Waals surface area contributed by atoms with E-state index in [4.69, 9.17) is 14.2 Å². The molecule has 146 valence electrons. The molecular formula is C18H15FN2O7. The Labute approximate surface area is 158 Å². The Bertz CT molecular complexity index is 915. The van der Waals surface area contributed by atoms with Crippen LogP contribution in [-0.4, -0.2) is 36.6 Å². The van der Waals surface area contributed by atoms with Gasteiger partial charge in [-0.2, -0.15) is 0 Å². The smallest absolute Gasteiger partial charge is 0.338 e. The average Bonchev–Trinajstić information content (AvgIpc) is 2.90. The number of carbonyl (C=O) groups excluding carboxylic acids is 2. The van der Waals surface area contributed by atoms with Crippen molar-refractivity contribution in [1.82, 2.24) is 0 Å². The number of hydrogen-bond acceptors (Lipinski definition) is 7. The summed E-state index contributed by atoms with van der Waals surface area (Å²) in [6.45, 7) is 0.0461. The maximum Gasteiger partial charge on any atom is 0.338 e. The quantitative estimate of drug-likeness (QED) is 0.474. The van der Waals surface area contributed by atoms with Gasteiger partial charge in [0, 0.05) is 12.5 Å². The molecule has 3 rings (SSSR count). The first-order valence-corrected chi connectivity index (χ1v) is 8.24. The van der Waals surface area contributed by atoms with Crippen LogP contribution < -0.4 is 14.8 Å². The van der Waals surface area contributed by atoms with Crippen molar-refractivity contribution < 1.29 is 33.1 Å². The number of anilines is 1. The van der Waals surface area contributed by atoms with E-state index in [0.29, 0.717) is 19.6 Å². The van der Waals surface area contributed by atoms with Crippen LogP contribution in [0.1, 0.15) is 16.8 Å². The summed E-state index contributed by atoms with van der Waals surface area (Å²) in [7, 11) is 0. The second kappa shape index (κ2) is 8.33. The first-order chi connectivity index (χ1) is 13.4. The molecule has 2 aromatic carbocycles. The molecule has 0 saturated heterocycles. The maximum absolute atomic E-state index is 12.9. The van der Waals surface area contributed by atoms with Gasteiger partial charge in [-0.05, 0) is 24.3 Å². The Hall–Kier alpha value is -3.69. The van der Waals surface area contributed by atoms with Gasteiger partial charge in [-0.3, -0.25) is 14.9 Å². The summed E-state index contributed by atoms with van der Waals surface area (Å²) in [5, 5.41) is 13.6. The van der Waals surface area contributed by atoms with Crippen LogP contribution >= 0.6 is 0 Å². The molecule has 1 aliphatic rings. The van der Waals surface area contributed by atoms with Gasteiger partial charge in [-0.1, -0.05) is 0 Å². The van der Waals surface area contributed by atoms with Crippen molar-refractivity contribution in [1.29, 1.82) is 0 Å². The van der Waals surface area contributed by atoms with Crippen molar-refractivity contribution in [2.45, 2.75) is 6.42 Å². The van der Waals surface area contributed by atoms with Gasteiger partial charge >= 0.3 is 5.97 Å². The van der Waals surface area contributed by atoms with Crippen LogP contribution in [0.4, 0.5) is 15.8 Å². The van der Waals surface area contributed by atoms with Crippen LogP contribution in [0.2, 0.25) is 0 Å². The van der Waals surface area contributed by atoms with Gasteiger partial charge in [-0.25, -0.2) is 9.18 Å². The molecule has 0 aromatic heterocycles. The van der Waals surface area contributed by atoms with Gasteiger partial charge in [0.15, 0.2) is 18.1 Å². The fourth-order valence-corrected chi connectivity index (χ4v) is 2.44. The van der Waals surface area contributed by atoms with Gasteiger partial charge in [0.2, 0.25) is 0 Å². The molecule has 0 atom stereocenters. The van der Waals surface area contributed by atoms with E-state index in [1.54, 1.807) is 0 Å². The molecule has 0 spiro atoms. The Balaban J connectivity index is 1.69. The highest BCUT2D eigenvalue weighted by atomic mass is 19.1. The van der Waals surface area contributed by atoms with E-state index in [2.05, 4.69) is 5.32 Å². The van der Waals surface area contributed by atoms with Crippen molar-refractivity contribution in [2.24, 2.45) is 0 Å². The number of nitro benzene ring substituents is 1. The van der Waals surface area contributed by atoms with E-state index in [0.717, 1.165) is 12.1 Å². The summed E-state index contributed by atoms with van der Waals surface area (Å²) in [5.41, 5.74) is -0.435. The zero-order valence-corrected chi connectivity index (χ0v) is 14.5. The first-order valence-electron chi connectivity index (χ1n) is 8.24. The zero-order valence-electron chi connectivity index (χ0n) is 14.5. The fourth-order valence-electron chi connectivity index (χ4n) is 2.44. The summed E-state index contributed by atoms with van der Waals surface area (Å²) in [5.74, 6) is -1.65. The molecule has 0 aliphatic carbocycles. The van der Waals surface area contributed by atoms with Crippen molar-refractivity contribution in [2.75, 3.05) is 25.1 Å². The molecule has 1 heterocycles. The van der Waals surface area contributed by atoms with Crippen molar-refractivity contribution in [3.8, 4) is 11.5 Å². The van der Waals surface area contributed by atoms with Gasteiger partial charge in [0.25, 0.3) is 11.6 Å². The molecule has 1 aliphatic heterocycles. The molecule has 0 fully saturated rings. The number of benzene rings is 2. The lowest BCUT2D eigenvalue weighted by Gasteiger charge is -2.11. The molecule has 0 bridgehead atoms. The number of hydrogen-bond donors (Lipinski definition) is 1. The average molecular weight is 390 g/mol. The lowest BCUT2D eigenvalue weighted by atomic mass is 10.2. The lowest BCUT2D eigenvalue weighted by Crippen LogP contribution is -2.21. The summed E-state index contributed by atoms with van der Waals surface area (Å²) in [4.78, 5) is 34.5. The molecule has 1 N–H and O–H groups in total. The third-order valence-corrected chi connectivity index (χ3v) is 3.75. The van der Waals surface area contributed by atoms with Crippen LogP contribution in [0, 0.1) is 15.9 Å². The van der Waals surface area contributed by atoms with Gasteiger partial charge in [-0.15, -0.1) is 0 Å². The first kappa shape index (κ1) is 19.1. The molecule has 10 heteroatoms. The SMILES string of the molecule is O=C(COC(=O)c1ccc(F)cc1)Nc1cc2c(cc1[N+](=O)[O-])OCCCO2. The molecule has 1 amide bonds. The fraction of sp³-hybridized carbons (Fsp3) is 0.222. The standard InChI is InChI=1S/C18H15FN2O7/c19-12-4-2-11(3-5-12)18(23)28-10-17(22)20-13-8-15-16(9-14(13)21(24)25)27-7-1-6-26-15/h2-5,8-9H,1,6-7,10H2,(H,20,22). The summed E-state index contributed by atoms with van der Waals surface area (Å²) < 4.78 is 28.6. The Morgan fingerprint density at radius 3 is 2.43 bits per heavy atom. The normalized spacial score (nSPS) is 12.6. The molecule has 0 radical (unpaired) electrons. The maximum atomic E-state index is 12.9. The van der Waals surface area contributed by atoms with Crippen molar-refractivity contribution in [3.63, 3.8) is 0 Å². The third-order valence-electron chi connectivity index (χ3n) is 3.75. The van der Waals surface area contributed by atoms with E-state index in [9.17, 15) is 24.1 Å². The van der Waals surface area contributed by atoms with Gasteiger partial charge < -0.3 is 19.5 Å². The largest absolute Gasteiger partial charge is 0.489 e. The zero-order chi connectivity index (χ0) is 20.1. The summed E-state index contributed by atoms with van der Waals surface area (Å²) in [6, 6.07) is 7.04. The van der Waals surface area contributed by atoms with Crippen LogP contribution in [-0.2, 0) is 9.53 Å². The number of ether oxygens (including phenoxy) is 3. The molecule has 0 unspecified atom stereocenters. The Morgan fingerprint density at radius 1 is 1.14 bits per heavy atom. The lowest BCUT2D eigenvalue weighted by molar-refractivity contribution is -0.384. The summed E-state index contributed by atoms with van der Waals surface area (Å²) in [6.07, 6.45) is 0.615. The predicted octanol–water partition coefficient (Wildman–Crippen LogP) is 2.69. The van der Waals surface area contributed by atoms with E-state index < -0.39 is 29.2 Å². The minimum absolute atomic E-state index is 0.0655. The van der Waals surface area contributed by atoms with Crippen molar-refractivity contribution >= 4 is 23.3 Å².